The standard InChI is InChI=1S/3C22H19N5O4/c3*1-2-31-17-9-12(11-4-3-5-13(8-11)15-10-16(15)22(29)30)6-7-14(17)19-23-20-18(21(28)24-19)25-27-26-20/h3*3-9,15-16H,2,10H2,1H3,(H,29,30)(H2,23,24,25,26,27,28)/t15-,16-;;/m0../s1. The Morgan fingerprint density at radius 2 is 0.677 bits per heavy atom. The fourth-order valence-corrected chi connectivity index (χ4v) is 11.5. The van der Waals surface area contributed by atoms with Crippen molar-refractivity contribution in [3.8, 4) is 84.8 Å². The summed E-state index contributed by atoms with van der Waals surface area (Å²) in [4.78, 5) is 91.8. The molecule has 12 aromatic rings. The van der Waals surface area contributed by atoms with Gasteiger partial charge in [-0.05, 0) is 144 Å². The SMILES string of the molecule is CCOc1cc(-c2cccc(C3CC3C(=O)O)c2)ccc1-c1nc2n[nH]nc2c(=O)[nH]1.CCOc1cc(-c2cccc(C3CC3C(=O)O)c2)ccc1-c1nc2n[nH]nc2c(=O)[nH]1.CCOc1cc(-c2cccc([C@@H]3C[C@@H]3C(=O)O)c2)ccc1-c1nc2n[nH]nc2c(=O)[nH]1. The maximum Gasteiger partial charge on any atom is 0.307 e. The molecule has 4 unspecified atom stereocenters. The van der Waals surface area contributed by atoms with Crippen LogP contribution in [0.4, 0.5) is 0 Å². The lowest BCUT2D eigenvalue weighted by Crippen LogP contribution is -2.10. The lowest BCUT2D eigenvalue weighted by molar-refractivity contribution is -0.139. The lowest BCUT2D eigenvalue weighted by atomic mass is 9.99. The Morgan fingerprint density at radius 3 is 0.935 bits per heavy atom. The summed E-state index contributed by atoms with van der Waals surface area (Å²) < 4.78 is 17.5. The smallest absolute Gasteiger partial charge is 0.307 e. The van der Waals surface area contributed by atoms with Crippen LogP contribution in [0.3, 0.4) is 0 Å². The number of aromatic nitrogens is 15. The van der Waals surface area contributed by atoms with E-state index in [0.717, 1.165) is 50.1 Å². The van der Waals surface area contributed by atoms with Crippen molar-refractivity contribution in [1.29, 1.82) is 0 Å². The van der Waals surface area contributed by atoms with Gasteiger partial charge in [0.1, 0.15) is 34.7 Å². The quantitative estimate of drug-likeness (QED) is 0.0387. The van der Waals surface area contributed by atoms with Crippen LogP contribution in [0.5, 0.6) is 17.2 Å². The third-order valence-electron chi connectivity index (χ3n) is 16.5. The molecular formula is C66H57N15O12. The fraction of sp³-hybridized carbons (Fsp3) is 0.227. The van der Waals surface area contributed by atoms with Crippen LogP contribution < -0.4 is 30.9 Å². The molecule has 93 heavy (non-hydrogen) atoms. The summed E-state index contributed by atoms with van der Waals surface area (Å²) in [6, 6.07) is 40.7. The van der Waals surface area contributed by atoms with Gasteiger partial charge >= 0.3 is 17.9 Å². The Bertz CT molecular complexity index is 4580. The second-order valence-corrected chi connectivity index (χ2v) is 22.4. The predicted octanol–water partition coefficient (Wildman–Crippen LogP) is 8.89. The number of fused-ring (bicyclic) bond motifs is 3. The fourth-order valence-electron chi connectivity index (χ4n) is 11.5. The molecule has 9 N–H and O–H groups in total. The molecule has 3 aliphatic rings. The van der Waals surface area contributed by atoms with E-state index in [-0.39, 0.29) is 85.7 Å². The summed E-state index contributed by atoms with van der Waals surface area (Å²) in [5.74, 6) is -0.194. The van der Waals surface area contributed by atoms with Crippen molar-refractivity contribution in [2.75, 3.05) is 19.8 Å². The van der Waals surface area contributed by atoms with Crippen molar-refractivity contribution in [3.05, 3.63) is 175 Å². The van der Waals surface area contributed by atoms with Gasteiger partial charge in [0, 0.05) is 0 Å². The Hall–Kier alpha value is -12.0. The number of hydrogen-bond acceptors (Lipinski definition) is 18. The first-order valence-electron chi connectivity index (χ1n) is 29.9. The van der Waals surface area contributed by atoms with E-state index in [1.807, 2.05) is 148 Å². The molecule has 0 spiro atoms. The third-order valence-corrected chi connectivity index (χ3v) is 16.5. The summed E-state index contributed by atoms with van der Waals surface area (Å²) in [6.07, 6.45) is 2.02. The number of carbonyl (C=O) groups is 3. The van der Waals surface area contributed by atoms with Crippen molar-refractivity contribution < 1.29 is 43.9 Å². The molecular weight excluding hydrogens is 1190 g/mol. The Labute approximate surface area is 524 Å². The minimum Gasteiger partial charge on any atom is -0.493 e. The number of carboxylic acids is 3. The van der Waals surface area contributed by atoms with Crippen LogP contribution >= 0.6 is 0 Å². The molecule has 6 aromatic carbocycles. The summed E-state index contributed by atoms with van der Waals surface area (Å²) in [5.41, 5.74) is 10.6. The summed E-state index contributed by atoms with van der Waals surface area (Å²) >= 11 is 0. The molecule has 0 saturated heterocycles. The zero-order valence-corrected chi connectivity index (χ0v) is 49.9. The van der Waals surface area contributed by atoms with Crippen LogP contribution in [0.1, 0.15) is 74.5 Å². The van der Waals surface area contributed by atoms with E-state index < -0.39 is 17.9 Å². The van der Waals surface area contributed by atoms with Gasteiger partial charge in [-0.3, -0.25) is 28.8 Å². The van der Waals surface area contributed by atoms with Gasteiger partial charge in [0.15, 0.2) is 16.6 Å². The van der Waals surface area contributed by atoms with E-state index in [1.54, 1.807) is 0 Å². The number of ether oxygens (including phenoxy) is 3. The molecule has 3 aliphatic carbocycles. The third kappa shape index (κ3) is 12.4. The van der Waals surface area contributed by atoms with Crippen molar-refractivity contribution in [2.24, 2.45) is 17.8 Å². The van der Waals surface area contributed by atoms with Gasteiger partial charge in [-0.15, -0.1) is 30.6 Å². The number of carboxylic acid groups (broad SMARTS) is 3. The largest absolute Gasteiger partial charge is 0.493 e. The molecule has 15 rings (SSSR count). The number of aliphatic carboxylic acids is 3. The van der Waals surface area contributed by atoms with E-state index in [2.05, 4.69) is 76.1 Å². The highest BCUT2D eigenvalue weighted by atomic mass is 16.5. The van der Waals surface area contributed by atoms with Gasteiger partial charge in [-0.2, -0.15) is 15.6 Å². The molecule has 3 saturated carbocycles. The van der Waals surface area contributed by atoms with Gasteiger partial charge in [0.05, 0.1) is 54.3 Å². The summed E-state index contributed by atoms with van der Waals surface area (Å²) in [6.45, 7) is 6.97. The van der Waals surface area contributed by atoms with Gasteiger partial charge < -0.3 is 44.5 Å². The van der Waals surface area contributed by atoms with Crippen LogP contribution in [0, 0.1) is 17.8 Å². The normalized spacial score (nSPS) is 17.6. The first-order valence-corrected chi connectivity index (χ1v) is 29.9. The topological polar surface area (TPSA) is 402 Å². The molecule has 27 heteroatoms. The van der Waals surface area contributed by atoms with Crippen molar-refractivity contribution in [3.63, 3.8) is 0 Å². The molecule has 468 valence electrons. The molecule has 0 amide bonds. The van der Waals surface area contributed by atoms with Crippen molar-refractivity contribution in [1.82, 2.24) is 76.1 Å². The summed E-state index contributed by atoms with van der Waals surface area (Å²) in [5, 5.41) is 58.0. The van der Waals surface area contributed by atoms with Gasteiger partial charge in [0.2, 0.25) is 16.9 Å². The monoisotopic (exact) mass is 1250 g/mol. The summed E-state index contributed by atoms with van der Waals surface area (Å²) in [7, 11) is 0. The van der Waals surface area contributed by atoms with Crippen LogP contribution in [0.15, 0.2) is 142 Å². The first-order chi connectivity index (χ1) is 45.1. The number of nitrogens with zero attached hydrogens (tertiary/aromatic N) is 9. The molecule has 0 radical (unpaired) electrons. The number of H-pyrrole nitrogens is 6. The van der Waals surface area contributed by atoms with Crippen molar-refractivity contribution in [2.45, 2.75) is 57.8 Å². The average molecular weight is 1250 g/mol. The molecule has 0 aliphatic heterocycles. The Balaban J connectivity index is 0.000000127. The molecule has 6 heterocycles. The van der Waals surface area contributed by atoms with Gasteiger partial charge in [-0.25, -0.2) is 15.0 Å². The van der Waals surface area contributed by atoms with Gasteiger partial charge in [0.25, 0.3) is 16.7 Å². The minimum absolute atomic E-state index is 0.0616. The van der Waals surface area contributed by atoms with Crippen LogP contribution in [-0.4, -0.2) is 129 Å². The number of benzene rings is 6. The Morgan fingerprint density at radius 1 is 0.398 bits per heavy atom. The lowest BCUT2D eigenvalue weighted by Gasteiger charge is -2.12. The minimum atomic E-state index is -0.746. The Kier molecular flexibility index (Phi) is 16.2. The molecule has 3 fully saturated rings. The van der Waals surface area contributed by atoms with Crippen LogP contribution in [0.25, 0.3) is 101 Å². The second-order valence-electron chi connectivity index (χ2n) is 22.4. The van der Waals surface area contributed by atoms with E-state index in [4.69, 9.17) is 14.2 Å². The van der Waals surface area contributed by atoms with E-state index in [9.17, 15) is 44.1 Å². The van der Waals surface area contributed by atoms with E-state index in [1.165, 1.54) is 0 Å². The maximum absolute atomic E-state index is 12.3. The van der Waals surface area contributed by atoms with Crippen LogP contribution in [0.2, 0.25) is 0 Å². The van der Waals surface area contributed by atoms with E-state index in [0.29, 0.717) is 90.5 Å². The van der Waals surface area contributed by atoms with E-state index >= 15 is 0 Å². The number of hydrogen-bond donors (Lipinski definition) is 9. The predicted molar refractivity (Wildman–Crippen MR) is 338 cm³/mol. The number of nitrogens with one attached hydrogen (secondary N) is 6. The van der Waals surface area contributed by atoms with Crippen molar-refractivity contribution >= 4 is 51.4 Å². The van der Waals surface area contributed by atoms with Gasteiger partial charge in [-0.1, -0.05) is 91.0 Å². The average Bonchev–Trinajstić information content (AvgIpc) is 1.84. The number of aromatic amines is 6. The highest BCUT2D eigenvalue weighted by molar-refractivity contribution is 5.82. The molecule has 6 atom stereocenters. The molecule has 27 nitrogen and oxygen atoms in total. The molecule has 0 bridgehead atoms. The van der Waals surface area contributed by atoms with Crippen LogP contribution in [-0.2, 0) is 14.4 Å². The second kappa shape index (κ2) is 25.1. The highest BCUT2D eigenvalue weighted by Crippen LogP contribution is 2.51. The zero-order valence-electron chi connectivity index (χ0n) is 49.9. The highest BCUT2D eigenvalue weighted by Gasteiger charge is 2.46. The number of rotatable bonds is 18. The maximum atomic E-state index is 12.3. The molecule has 6 aromatic heterocycles. The zero-order chi connectivity index (χ0) is 64.6. The first kappa shape index (κ1) is 59.9.